The SMILES string of the molecule is CN(C)c1ccc(/C=C/c2nc(-c3ccc(-n4c5ccccc5c5ccccc54)cc3)c(/C=C/c3ccc(N(C)C)cc3)nc2-c2ccc(-n3c4ccccc4c4ccccc43)cc2)cc1. The maximum atomic E-state index is 5.55. The van der Waals surface area contributed by atoms with Crippen LogP contribution in [0.5, 0.6) is 0 Å². The Kier molecular flexibility index (Phi) is 10.3. The fraction of sp³-hybridized carbons (Fsp3) is 0.0667. The van der Waals surface area contributed by atoms with Crippen molar-refractivity contribution < 1.29 is 0 Å². The van der Waals surface area contributed by atoms with Crippen molar-refractivity contribution >= 4 is 79.3 Å². The Morgan fingerprint density at radius 3 is 0.939 bits per heavy atom. The van der Waals surface area contributed by atoms with Crippen molar-refractivity contribution in [3.63, 3.8) is 0 Å². The van der Waals surface area contributed by atoms with Crippen molar-refractivity contribution in [3.05, 3.63) is 217 Å². The third-order valence-corrected chi connectivity index (χ3v) is 12.6. The molecule has 0 atom stereocenters. The second-order valence-electron chi connectivity index (χ2n) is 17.2. The lowest BCUT2D eigenvalue weighted by Gasteiger charge is -2.15. The number of para-hydroxylation sites is 4. The highest BCUT2D eigenvalue weighted by Crippen LogP contribution is 2.36. The Bertz CT molecular complexity index is 3260. The number of benzene rings is 8. The Morgan fingerprint density at radius 1 is 0.333 bits per heavy atom. The molecule has 0 N–H and O–H groups in total. The predicted molar refractivity (Wildman–Crippen MR) is 281 cm³/mol. The summed E-state index contributed by atoms with van der Waals surface area (Å²) in [7, 11) is 8.24. The Balaban J connectivity index is 1.07. The summed E-state index contributed by atoms with van der Waals surface area (Å²) in [6.45, 7) is 0. The number of anilines is 2. The van der Waals surface area contributed by atoms with Gasteiger partial charge in [-0.25, -0.2) is 9.97 Å². The molecule has 0 bridgehead atoms. The van der Waals surface area contributed by atoms with Crippen molar-refractivity contribution in [3.8, 4) is 33.9 Å². The van der Waals surface area contributed by atoms with E-state index < -0.39 is 0 Å². The van der Waals surface area contributed by atoms with E-state index >= 15 is 0 Å². The molecule has 3 aromatic heterocycles. The molecule has 6 nitrogen and oxygen atoms in total. The minimum Gasteiger partial charge on any atom is -0.378 e. The summed E-state index contributed by atoms with van der Waals surface area (Å²) in [5.41, 5.74) is 16.5. The zero-order valence-corrected chi connectivity index (χ0v) is 37.5. The van der Waals surface area contributed by atoms with Crippen LogP contribution in [0.25, 0.3) is 102 Å². The molecule has 0 saturated carbocycles. The fourth-order valence-corrected chi connectivity index (χ4v) is 9.17. The first-order chi connectivity index (χ1) is 32.4. The van der Waals surface area contributed by atoms with Crippen LogP contribution in [0.1, 0.15) is 22.5 Å². The molecule has 3 heterocycles. The van der Waals surface area contributed by atoms with Crippen molar-refractivity contribution in [2.75, 3.05) is 38.0 Å². The predicted octanol–water partition coefficient (Wildman–Crippen LogP) is 14.5. The molecule has 66 heavy (non-hydrogen) atoms. The first-order valence-corrected chi connectivity index (χ1v) is 22.4. The van der Waals surface area contributed by atoms with Crippen molar-refractivity contribution in [2.45, 2.75) is 0 Å². The molecule has 0 aliphatic carbocycles. The molecule has 0 aliphatic heterocycles. The molecule has 11 aromatic rings. The number of hydrogen-bond donors (Lipinski definition) is 0. The quantitative estimate of drug-likeness (QED) is 0.137. The van der Waals surface area contributed by atoms with Crippen LogP contribution in [0.15, 0.2) is 194 Å². The standard InChI is InChI=1S/C60H48N6/c1-63(2)45-31-21-41(22-32-45)25-39-53-59(43-27-35-47(36-28-43)65-55-17-9-5-13-49(55)50-14-6-10-18-56(50)65)62-54(40-26-42-23-33-46(34-24-42)64(3)4)60(61-53)44-29-37-48(38-30-44)66-57-19-11-7-15-51(57)52-16-8-12-20-58(52)66/h5-40H,1-4H3/b39-25+,40-26+. The van der Waals surface area contributed by atoms with Crippen LogP contribution in [-0.4, -0.2) is 47.3 Å². The van der Waals surface area contributed by atoms with E-state index in [0.29, 0.717) is 0 Å². The number of aromatic nitrogens is 4. The Hall–Kier alpha value is -8.48. The number of fused-ring (bicyclic) bond motifs is 6. The zero-order chi connectivity index (χ0) is 44.7. The first kappa shape index (κ1) is 40.3. The summed E-state index contributed by atoms with van der Waals surface area (Å²) in [6.07, 6.45) is 8.49. The average molecular weight is 853 g/mol. The molecule has 0 saturated heterocycles. The molecule has 8 aromatic carbocycles. The third-order valence-electron chi connectivity index (χ3n) is 12.6. The minimum atomic E-state index is 0.783. The molecule has 0 radical (unpaired) electrons. The first-order valence-electron chi connectivity index (χ1n) is 22.4. The van der Waals surface area contributed by atoms with Crippen LogP contribution in [-0.2, 0) is 0 Å². The van der Waals surface area contributed by atoms with E-state index in [1.165, 1.54) is 43.6 Å². The van der Waals surface area contributed by atoms with Crippen LogP contribution in [0.4, 0.5) is 11.4 Å². The maximum absolute atomic E-state index is 5.55. The number of nitrogens with zero attached hydrogens (tertiary/aromatic N) is 6. The van der Waals surface area contributed by atoms with E-state index in [1.54, 1.807) is 0 Å². The topological polar surface area (TPSA) is 42.1 Å². The Morgan fingerprint density at radius 2 is 0.636 bits per heavy atom. The lowest BCUT2D eigenvalue weighted by Crippen LogP contribution is -2.07. The molecular formula is C60H48N6. The van der Waals surface area contributed by atoms with E-state index in [0.717, 1.165) is 67.8 Å². The van der Waals surface area contributed by atoms with E-state index in [-0.39, 0.29) is 0 Å². The van der Waals surface area contributed by atoms with Gasteiger partial charge in [0, 0.05) is 83.6 Å². The molecule has 11 rings (SSSR count). The van der Waals surface area contributed by atoms with Crippen molar-refractivity contribution in [1.29, 1.82) is 0 Å². The normalized spacial score (nSPS) is 11.8. The van der Waals surface area contributed by atoms with E-state index in [1.807, 2.05) is 0 Å². The van der Waals surface area contributed by atoms with Crippen LogP contribution in [0, 0.1) is 0 Å². The summed E-state index contributed by atoms with van der Waals surface area (Å²) >= 11 is 0. The van der Waals surface area contributed by atoms with Crippen LogP contribution >= 0.6 is 0 Å². The van der Waals surface area contributed by atoms with Gasteiger partial charge in [-0.3, -0.25) is 0 Å². The Labute approximate surface area is 385 Å². The van der Waals surface area contributed by atoms with Gasteiger partial charge in [0.15, 0.2) is 0 Å². The van der Waals surface area contributed by atoms with Gasteiger partial charge in [-0.05, 0) is 96.1 Å². The van der Waals surface area contributed by atoms with Crippen LogP contribution in [0.3, 0.4) is 0 Å². The fourth-order valence-electron chi connectivity index (χ4n) is 9.17. The van der Waals surface area contributed by atoms with Gasteiger partial charge in [-0.2, -0.15) is 0 Å². The summed E-state index contributed by atoms with van der Waals surface area (Å²) < 4.78 is 4.69. The molecule has 0 amide bonds. The summed E-state index contributed by atoms with van der Waals surface area (Å²) in [4.78, 5) is 15.3. The molecule has 0 unspecified atom stereocenters. The molecule has 6 heteroatoms. The number of rotatable bonds is 10. The van der Waals surface area contributed by atoms with Gasteiger partial charge in [0.1, 0.15) is 0 Å². The van der Waals surface area contributed by atoms with Gasteiger partial charge in [0.2, 0.25) is 0 Å². The van der Waals surface area contributed by atoms with Crippen LogP contribution in [0.2, 0.25) is 0 Å². The summed E-state index contributed by atoms with van der Waals surface area (Å²) in [6, 6.07) is 69.2. The summed E-state index contributed by atoms with van der Waals surface area (Å²) in [5, 5.41) is 4.95. The van der Waals surface area contributed by atoms with Crippen LogP contribution < -0.4 is 9.80 Å². The monoisotopic (exact) mass is 852 g/mol. The maximum Gasteiger partial charge on any atom is 0.0966 e. The van der Waals surface area contributed by atoms with Gasteiger partial charge < -0.3 is 18.9 Å². The third kappa shape index (κ3) is 7.38. The minimum absolute atomic E-state index is 0.783. The highest BCUT2D eigenvalue weighted by molar-refractivity contribution is 6.10. The number of hydrogen-bond acceptors (Lipinski definition) is 4. The molecule has 0 fully saturated rings. The molecule has 0 spiro atoms. The average Bonchev–Trinajstić information content (AvgIpc) is 3.88. The molecule has 318 valence electrons. The van der Waals surface area contributed by atoms with E-state index in [4.69, 9.17) is 9.97 Å². The van der Waals surface area contributed by atoms with Gasteiger partial charge in [-0.15, -0.1) is 0 Å². The van der Waals surface area contributed by atoms with Crippen molar-refractivity contribution in [2.24, 2.45) is 0 Å². The second-order valence-corrected chi connectivity index (χ2v) is 17.2. The van der Waals surface area contributed by atoms with Crippen molar-refractivity contribution in [1.82, 2.24) is 19.1 Å². The molecular weight excluding hydrogens is 805 g/mol. The van der Waals surface area contributed by atoms with Gasteiger partial charge in [0.25, 0.3) is 0 Å². The zero-order valence-electron chi connectivity index (χ0n) is 37.5. The van der Waals surface area contributed by atoms with E-state index in [9.17, 15) is 0 Å². The highest BCUT2D eigenvalue weighted by atomic mass is 15.1. The lowest BCUT2D eigenvalue weighted by atomic mass is 10.0. The summed E-state index contributed by atoms with van der Waals surface area (Å²) in [5.74, 6) is 0. The largest absolute Gasteiger partial charge is 0.378 e. The highest BCUT2D eigenvalue weighted by Gasteiger charge is 2.18. The van der Waals surface area contributed by atoms with E-state index in [2.05, 4.69) is 266 Å². The lowest BCUT2D eigenvalue weighted by molar-refractivity contribution is 1.13. The molecule has 0 aliphatic rings. The smallest absolute Gasteiger partial charge is 0.0966 e. The van der Waals surface area contributed by atoms with Gasteiger partial charge >= 0.3 is 0 Å². The second kappa shape index (κ2) is 16.9. The van der Waals surface area contributed by atoms with Gasteiger partial charge in [0.05, 0.1) is 44.8 Å². The van der Waals surface area contributed by atoms with Gasteiger partial charge in [-0.1, -0.05) is 133 Å².